The van der Waals surface area contributed by atoms with Gasteiger partial charge < -0.3 is 0 Å². The highest BCUT2D eigenvalue weighted by Crippen LogP contribution is 2.81. The largest absolute Gasteiger partial charge is 0.0622 e. The van der Waals surface area contributed by atoms with Crippen LogP contribution in [0.1, 0.15) is 59.8 Å². The minimum absolute atomic E-state index is 0.665. The minimum Gasteiger partial charge on any atom is -0.0622 e. The Morgan fingerprint density at radius 1 is 1.00 bits per heavy atom. The topological polar surface area (TPSA) is 0 Å². The van der Waals surface area contributed by atoms with E-state index in [9.17, 15) is 0 Å². The average molecular weight is 206 g/mol. The van der Waals surface area contributed by atoms with Crippen LogP contribution in [0.2, 0.25) is 0 Å². The van der Waals surface area contributed by atoms with Crippen LogP contribution < -0.4 is 0 Å². The number of fused-ring (bicyclic) bond motifs is 3. The molecule has 0 bridgehead atoms. The Morgan fingerprint density at radius 2 is 1.67 bits per heavy atom. The molecule has 0 amide bonds. The minimum atomic E-state index is 0.665. The molecule has 15 heavy (non-hydrogen) atoms. The van der Waals surface area contributed by atoms with Gasteiger partial charge in [0, 0.05) is 0 Å². The molecule has 3 fully saturated rings. The van der Waals surface area contributed by atoms with Gasteiger partial charge in [0.25, 0.3) is 0 Å². The van der Waals surface area contributed by atoms with Gasteiger partial charge in [0.15, 0.2) is 0 Å². The van der Waals surface area contributed by atoms with Gasteiger partial charge in [-0.25, -0.2) is 0 Å². The molecule has 3 aliphatic rings. The summed E-state index contributed by atoms with van der Waals surface area (Å²) in [7, 11) is 0. The van der Waals surface area contributed by atoms with Gasteiger partial charge in [0.1, 0.15) is 0 Å². The SMILES string of the molecule is CC1CCCCC2C1CC1C(C)(C)C21C. The summed E-state index contributed by atoms with van der Waals surface area (Å²) in [5, 5.41) is 0. The van der Waals surface area contributed by atoms with Crippen LogP contribution in [-0.2, 0) is 0 Å². The highest BCUT2D eigenvalue weighted by molar-refractivity contribution is 5.23. The van der Waals surface area contributed by atoms with Crippen LogP contribution >= 0.6 is 0 Å². The molecule has 5 unspecified atom stereocenters. The Balaban J connectivity index is 1.89. The lowest BCUT2D eigenvalue weighted by Crippen LogP contribution is -2.26. The number of hydrogen-bond donors (Lipinski definition) is 0. The highest BCUT2D eigenvalue weighted by atomic mass is 14.8. The molecule has 3 rings (SSSR count). The molecule has 3 aliphatic carbocycles. The van der Waals surface area contributed by atoms with Crippen molar-refractivity contribution in [2.24, 2.45) is 34.5 Å². The van der Waals surface area contributed by atoms with Crippen LogP contribution in [0.3, 0.4) is 0 Å². The summed E-state index contributed by atoms with van der Waals surface area (Å²) in [5.41, 5.74) is 1.38. The van der Waals surface area contributed by atoms with Gasteiger partial charge in [-0.2, -0.15) is 0 Å². The second-order valence-corrected chi connectivity index (χ2v) is 7.32. The van der Waals surface area contributed by atoms with Crippen LogP contribution in [-0.4, -0.2) is 0 Å². The molecule has 0 heterocycles. The van der Waals surface area contributed by atoms with Gasteiger partial charge in [-0.1, -0.05) is 47.0 Å². The first kappa shape index (κ1) is 10.2. The molecule has 5 atom stereocenters. The van der Waals surface area contributed by atoms with Crippen molar-refractivity contribution in [3.8, 4) is 0 Å². The maximum absolute atomic E-state index is 2.60. The standard InChI is InChI=1S/C15H26/c1-10-7-5-6-8-12-11(10)9-13-14(2,3)15(12,13)4/h10-13H,5-9H2,1-4H3. The molecular formula is C15H26. The van der Waals surface area contributed by atoms with Gasteiger partial charge in [-0.3, -0.25) is 0 Å². The molecule has 0 aromatic heterocycles. The molecular weight excluding hydrogens is 180 g/mol. The summed E-state index contributed by atoms with van der Waals surface area (Å²) in [4.78, 5) is 0. The first-order valence-corrected chi connectivity index (χ1v) is 6.99. The maximum atomic E-state index is 2.60. The molecule has 86 valence electrons. The third-order valence-corrected chi connectivity index (χ3v) is 6.85. The van der Waals surface area contributed by atoms with E-state index in [2.05, 4.69) is 27.7 Å². The van der Waals surface area contributed by atoms with Crippen molar-refractivity contribution in [1.82, 2.24) is 0 Å². The predicted octanol–water partition coefficient (Wildman–Crippen LogP) is 4.49. The Bertz CT molecular complexity index is 278. The Labute approximate surface area is 94.8 Å². The monoisotopic (exact) mass is 206 g/mol. The zero-order valence-corrected chi connectivity index (χ0v) is 10.8. The van der Waals surface area contributed by atoms with Gasteiger partial charge in [0.05, 0.1) is 0 Å². The van der Waals surface area contributed by atoms with Gasteiger partial charge in [-0.05, 0) is 47.3 Å². The van der Waals surface area contributed by atoms with E-state index in [4.69, 9.17) is 0 Å². The van der Waals surface area contributed by atoms with Crippen molar-refractivity contribution < 1.29 is 0 Å². The predicted molar refractivity (Wildman–Crippen MR) is 64.6 cm³/mol. The summed E-state index contributed by atoms with van der Waals surface area (Å²) >= 11 is 0. The van der Waals surface area contributed by atoms with Crippen molar-refractivity contribution in [3.63, 3.8) is 0 Å². The average Bonchev–Trinajstić information content (AvgIpc) is 2.48. The van der Waals surface area contributed by atoms with Crippen molar-refractivity contribution in [1.29, 1.82) is 0 Å². The fourth-order valence-electron chi connectivity index (χ4n) is 5.48. The van der Waals surface area contributed by atoms with E-state index in [1.54, 1.807) is 6.42 Å². The first-order chi connectivity index (χ1) is 6.99. The number of rotatable bonds is 0. The van der Waals surface area contributed by atoms with E-state index in [1.165, 1.54) is 25.7 Å². The van der Waals surface area contributed by atoms with Crippen LogP contribution in [0.5, 0.6) is 0 Å². The molecule has 0 N–H and O–H groups in total. The molecule has 0 radical (unpaired) electrons. The summed E-state index contributed by atoms with van der Waals surface area (Å²) in [6.07, 6.45) is 7.59. The summed E-state index contributed by atoms with van der Waals surface area (Å²) < 4.78 is 0. The second-order valence-electron chi connectivity index (χ2n) is 7.32. The second kappa shape index (κ2) is 2.81. The Hall–Kier alpha value is 0. The van der Waals surface area contributed by atoms with E-state index in [1.807, 2.05) is 0 Å². The van der Waals surface area contributed by atoms with E-state index in [-0.39, 0.29) is 0 Å². The molecule has 0 spiro atoms. The van der Waals surface area contributed by atoms with E-state index < -0.39 is 0 Å². The lowest BCUT2D eigenvalue weighted by atomic mass is 9.72. The third kappa shape index (κ3) is 1.04. The number of hydrogen-bond acceptors (Lipinski definition) is 0. The van der Waals surface area contributed by atoms with Crippen LogP contribution in [0.25, 0.3) is 0 Å². The maximum Gasteiger partial charge on any atom is -0.0207 e. The van der Waals surface area contributed by atoms with Crippen LogP contribution in [0, 0.1) is 34.5 Å². The smallest absolute Gasteiger partial charge is 0.0207 e. The van der Waals surface area contributed by atoms with Gasteiger partial charge >= 0.3 is 0 Å². The van der Waals surface area contributed by atoms with Crippen molar-refractivity contribution >= 4 is 0 Å². The summed E-state index contributed by atoms with van der Waals surface area (Å²) in [6.45, 7) is 10.2. The van der Waals surface area contributed by atoms with Gasteiger partial charge in [0.2, 0.25) is 0 Å². The van der Waals surface area contributed by atoms with Crippen LogP contribution in [0.4, 0.5) is 0 Å². The zero-order chi connectivity index (χ0) is 10.8. The highest BCUT2D eigenvalue weighted by Gasteiger charge is 2.75. The van der Waals surface area contributed by atoms with E-state index >= 15 is 0 Å². The van der Waals surface area contributed by atoms with Crippen LogP contribution in [0.15, 0.2) is 0 Å². The van der Waals surface area contributed by atoms with Crippen molar-refractivity contribution in [2.45, 2.75) is 59.8 Å². The quantitative estimate of drug-likeness (QED) is 0.547. The van der Waals surface area contributed by atoms with E-state index in [0.29, 0.717) is 5.41 Å². The fraction of sp³-hybridized carbons (Fsp3) is 1.00. The Kier molecular flexibility index (Phi) is 1.91. The molecule has 0 nitrogen and oxygen atoms in total. The zero-order valence-electron chi connectivity index (χ0n) is 10.8. The molecule has 0 saturated heterocycles. The third-order valence-electron chi connectivity index (χ3n) is 6.85. The van der Waals surface area contributed by atoms with E-state index in [0.717, 1.165) is 29.1 Å². The molecule has 0 heteroatoms. The molecule has 0 aromatic carbocycles. The Morgan fingerprint density at radius 3 is 2.40 bits per heavy atom. The lowest BCUT2D eigenvalue weighted by Gasteiger charge is -2.33. The summed E-state index contributed by atoms with van der Waals surface area (Å²) in [6, 6.07) is 0. The van der Waals surface area contributed by atoms with Gasteiger partial charge in [-0.15, -0.1) is 0 Å². The summed E-state index contributed by atoms with van der Waals surface area (Å²) in [5.74, 6) is 4.21. The molecule has 0 aliphatic heterocycles. The molecule has 3 saturated carbocycles. The fourth-order valence-corrected chi connectivity index (χ4v) is 5.48. The normalized spacial score (nSPS) is 56.8. The first-order valence-electron chi connectivity index (χ1n) is 6.99. The van der Waals surface area contributed by atoms with Crippen molar-refractivity contribution in [3.05, 3.63) is 0 Å². The molecule has 0 aromatic rings. The lowest BCUT2D eigenvalue weighted by molar-refractivity contribution is 0.157. The van der Waals surface area contributed by atoms with Crippen molar-refractivity contribution in [2.75, 3.05) is 0 Å².